The molecule has 3 atom stereocenters. The average molecular weight is 317 g/mol. The molecule has 23 heavy (non-hydrogen) atoms. The van der Waals surface area contributed by atoms with Crippen LogP contribution in [0.2, 0.25) is 0 Å². The Hall–Kier alpha value is -1.88. The number of para-hydroxylation sites is 1. The Bertz CT molecular complexity index is 634. The molecule has 0 aromatic heterocycles. The highest BCUT2D eigenvalue weighted by Gasteiger charge is 2.43. The maximum atomic E-state index is 12.9. The molecule has 2 aliphatic heterocycles. The van der Waals surface area contributed by atoms with E-state index in [-0.39, 0.29) is 17.2 Å². The summed E-state index contributed by atoms with van der Waals surface area (Å²) < 4.78 is 5.44. The average Bonchev–Trinajstić information content (AvgIpc) is 3.11. The number of ether oxygens (including phenoxy) is 1. The van der Waals surface area contributed by atoms with E-state index in [2.05, 4.69) is 26.8 Å². The number of amides is 1. The summed E-state index contributed by atoms with van der Waals surface area (Å²) in [4.78, 5) is 25.7. The summed E-state index contributed by atoms with van der Waals surface area (Å²) in [6.07, 6.45) is -0.651. The third-order valence-corrected chi connectivity index (χ3v) is 4.85. The van der Waals surface area contributed by atoms with Crippen molar-refractivity contribution in [1.82, 2.24) is 0 Å². The maximum Gasteiger partial charge on any atom is 0.332 e. The number of carbonyl (C=O) groups excluding carboxylic acids is 1. The number of anilines is 1. The molecule has 0 saturated carbocycles. The first kappa shape index (κ1) is 16.0. The molecule has 0 aliphatic carbocycles. The normalized spacial score (nSPS) is 27.1. The minimum Gasteiger partial charge on any atom is -0.479 e. The smallest absolute Gasteiger partial charge is 0.332 e. The third-order valence-electron chi connectivity index (χ3n) is 4.85. The van der Waals surface area contributed by atoms with Crippen LogP contribution in [-0.2, 0) is 14.3 Å². The van der Waals surface area contributed by atoms with Crippen LogP contribution < -0.4 is 4.90 Å². The molecule has 2 heterocycles. The number of carboxylic acid groups (broad SMARTS) is 1. The summed E-state index contributed by atoms with van der Waals surface area (Å²) in [5, 5.41) is 9.03. The zero-order valence-corrected chi connectivity index (χ0v) is 13.8. The highest BCUT2D eigenvalue weighted by molar-refractivity contribution is 5.99. The van der Waals surface area contributed by atoms with E-state index in [1.165, 1.54) is 5.56 Å². The van der Waals surface area contributed by atoms with E-state index < -0.39 is 18.2 Å². The molecular weight excluding hydrogens is 294 g/mol. The molecule has 2 aliphatic rings. The topological polar surface area (TPSA) is 66.8 Å². The van der Waals surface area contributed by atoms with Crippen LogP contribution in [0.1, 0.15) is 45.1 Å². The van der Waals surface area contributed by atoms with Gasteiger partial charge in [-0.1, -0.05) is 39.0 Å². The van der Waals surface area contributed by atoms with Crippen LogP contribution in [0, 0.1) is 5.41 Å². The van der Waals surface area contributed by atoms with Crippen molar-refractivity contribution in [2.75, 3.05) is 11.4 Å². The summed E-state index contributed by atoms with van der Waals surface area (Å²) >= 11 is 0. The number of carbonyl (C=O) groups is 2. The van der Waals surface area contributed by atoms with Crippen molar-refractivity contribution in [3.05, 3.63) is 29.8 Å². The molecule has 1 aromatic rings. The predicted molar refractivity (Wildman–Crippen MR) is 86.5 cm³/mol. The number of fused-ring (bicyclic) bond motifs is 1. The first-order valence-electron chi connectivity index (χ1n) is 8.07. The highest BCUT2D eigenvalue weighted by Crippen LogP contribution is 2.46. The molecule has 0 spiro atoms. The number of benzene rings is 1. The van der Waals surface area contributed by atoms with Crippen LogP contribution in [0.15, 0.2) is 24.3 Å². The SMILES string of the molecule is CC(C)(C)C1CN(C(=O)[C@@H]2CC[C@H](C(=O)O)O2)c2ccccc21. The fourth-order valence-corrected chi connectivity index (χ4v) is 3.53. The van der Waals surface area contributed by atoms with Crippen LogP contribution in [-0.4, -0.2) is 35.7 Å². The molecule has 124 valence electrons. The zero-order chi connectivity index (χ0) is 16.8. The van der Waals surface area contributed by atoms with Gasteiger partial charge in [-0.3, -0.25) is 4.79 Å². The van der Waals surface area contributed by atoms with Crippen molar-refractivity contribution in [1.29, 1.82) is 0 Å². The molecule has 3 rings (SSSR count). The number of nitrogens with zero attached hydrogens (tertiary/aromatic N) is 1. The van der Waals surface area contributed by atoms with Crippen LogP contribution in [0.4, 0.5) is 5.69 Å². The molecule has 5 nitrogen and oxygen atoms in total. The van der Waals surface area contributed by atoms with E-state index in [9.17, 15) is 9.59 Å². The lowest BCUT2D eigenvalue weighted by molar-refractivity contribution is -0.151. The molecule has 1 amide bonds. The lowest BCUT2D eigenvalue weighted by Gasteiger charge is -2.28. The molecule has 0 bridgehead atoms. The van der Waals surface area contributed by atoms with E-state index in [4.69, 9.17) is 9.84 Å². The van der Waals surface area contributed by atoms with Gasteiger partial charge in [-0.2, -0.15) is 0 Å². The van der Waals surface area contributed by atoms with Gasteiger partial charge in [0, 0.05) is 18.2 Å². The Kier molecular flexibility index (Phi) is 3.92. The molecular formula is C18H23NO4. The molecule has 5 heteroatoms. The summed E-state index contributed by atoms with van der Waals surface area (Å²) in [5.41, 5.74) is 2.16. The first-order valence-corrected chi connectivity index (χ1v) is 8.07. The molecule has 1 N–H and O–H groups in total. The fraction of sp³-hybridized carbons (Fsp3) is 0.556. The predicted octanol–water partition coefficient (Wildman–Crippen LogP) is 2.80. The number of carboxylic acids is 1. The zero-order valence-electron chi connectivity index (χ0n) is 13.8. The van der Waals surface area contributed by atoms with E-state index >= 15 is 0 Å². The molecule has 1 fully saturated rings. The van der Waals surface area contributed by atoms with E-state index in [0.29, 0.717) is 19.4 Å². The van der Waals surface area contributed by atoms with Crippen molar-refractivity contribution in [2.45, 2.75) is 51.7 Å². The van der Waals surface area contributed by atoms with Crippen molar-refractivity contribution in [2.24, 2.45) is 5.41 Å². The van der Waals surface area contributed by atoms with Gasteiger partial charge >= 0.3 is 5.97 Å². The number of hydrogen-bond donors (Lipinski definition) is 1. The quantitative estimate of drug-likeness (QED) is 0.911. The van der Waals surface area contributed by atoms with E-state index in [0.717, 1.165) is 5.69 Å². The molecule has 1 aromatic carbocycles. The first-order chi connectivity index (χ1) is 10.8. The van der Waals surface area contributed by atoms with Gasteiger partial charge in [0.1, 0.15) is 6.10 Å². The van der Waals surface area contributed by atoms with Gasteiger partial charge in [-0.05, 0) is 29.9 Å². The Morgan fingerprint density at radius 3 is 2.43 bits per heavy atom. The van der Waals surface area contributed by atoms with Crippen molar-refractivity contribution < 1.29 is 19.4 Å². The Balaban J connectivity index is 1.84. The third kappa shape index (κ3) is 2.85. The molecule has 0 radical (unpaired) electrons. The van der Waals surface area contributed by atoms with Gasteiger partial charge in [0.05, 0.1) is 0 Å². The second kappa shape index (κ2) is 5.64. The van der Waals surface area contributed by atoms with E-state index in [1.807, 2.05) is 18.2 Å². The van der Waals surface area contributed by atoms with Gasteiger partial charge in [-0.15, -0.1) is 0 Å². The number of rotatable bonds is 2. The van der Waals surface area contributed by atoms with Gasteiger partial charge in [0.25, 0.3) is 5.91 Å². The lowest BCUT2D eigenvalue weighted by Crippen LogP contribution is -2.40. The standard InChI is InChI=1S/C18H23NO4/c1-18(2,3)12-10-19(13-7-5-4-6-11(12)13)16(20)14-8-9-15(23-14)17(21)22/h4-7,12,14-15H,8-10H2,1-3H3,(H,21,22)/t12?,14-,15+/m0/s1. The van der Waals surface area contributed by atoms with Crippen LogP contribution in [0.3, 0.4) is 0 Å². The summed E-state index contributed by atoms with van der Waals surface area (Å²) in [6, 6.07) is 7.97. The summed E-state index contributed by atoms with van der Waals surface area (Å²) in [5.74, 6) is -0.845. The van der Waals surface area contributed by atoms with Crippen LogP contribution in [0.5, 0.6) is 0 Å². The Labute approximate surface area is 136 Å². The lowest BCUT2D eigenvalue weighted by atomic mass is 9.78. The summed E-state index contributed by atoms with van der Waals surface area (Å²) in [7, 11) is 0. The maximum absolute atomic E-state index is 12.9. The second-order valence-corrected chi connectivity index (χ2v) is 7.46. The minimum atomic E-state index is -0.991. The van der Waals surface area contributed by atoms with Gasteiger partial charge in [0.15, 0.2) is 6.10 Å². The van der Waals surface area contributed by atoms with Gasteiger partial charge in [-0.25, -0.2) is 4.79 Å². The van der Waals surface area contributed by atoms with Crippen LogP contribution in [0.25, 0.3) is 0 Å². The van der Waals surface area contributed by atoms with Crippen molar-refractivity contribution in [3.8, 4) is 0 Å². The molecule has 1 unspecified atom stereocenters. The fourth-order valence-electron chi connectivity index (χ4n) is 3.53. The van der Waals surface area contributed by atoms with Crippen molar-refractivity contribution in [3.63, 3.8) is 0 Å². The van der Waals surface area contributed by atoms with E-state index in [1.54, 1.807) is 4.90 Å². The Morgan fingerprint density at radius 1 is 1.17 bits per heavy atom. The monoisotopic (exact) mass is 317 g/mol. The second-order valence-electron chi connectivity index (χ2n) is 7.46. The van der Waals surface area contributed by atoms with Crippen molar-refractivity contribution >= 4 is 17.6 Å². The van der Waals surface area contributed by atoms with Crippen LogP contribution >= 0.6 is 0 Å². The summed E-state index contributed by atoms with van der Waals surface area (Å²) in [6.45, 7) is 7.15. The number of aliphatic carboxylic acids is 1. The number of hydrogen-bond acceptors (Lipinski definition) is 3. The highest BCUT2D eigenvalue weighted by atomic mass is 16.5. The minimum absolute atomic E-state index is 0.0469. The largest absolute Gasteiger partial charge is 0.479 e. The molecule has 1 saturated heterocycles. The Morgan fingerprint density at radius 2 is 1.83 bits per heavy atom. The van der Waals surface area contributed by atoms with Gasteiger partial charge < -0.3 is 14.7 Å². The van der Waals surface area contributed by atoms with Gasteiger partial charge in [0.2, 0.25) is 0 Å².